The summed E-state index contributed by atoms with van der Waals surface area (Å²) in [7, 11) is 0. The molecule has 0 spiro atoms. The first-order valence-electron chi connectivity index (χ1n) is 5.31. The molecule has 2 nitrogen and oxygen atoms in total. The molecule has 1 aliphatic carbocycles. The molecule has 0 radical (unpaired) electrons. The number of rotatable bonds is 5. The van der Waals surface area contributed by atoms with Gasteiger partial charge in [0.2, 0.25) is 0 Å². The van der Waals surface area contributed by atoms with Gasteiger partial charge in [-0.15, -0.1) is 6.58 Å². The topological polar surface area (TPSA) is 35.2 Å². The van der Waals surface area contributed by atoms with Crippen LogP contribution in [0.25, 0.3) is 0 Å². The standard InChI is InChI=1S/C11H21NO/c1-2-3-8-13-11-7-5-4-6-10(11)9-12/h2,10-11H,1,3-9,12H2. The molecule has 0 aliphatic heterocycles. The van der Waals surface area contributed by atoms with Crippen molar-refractivity contribution in [2.45, 2.75) is 38.2 Å². The maximum Gasteiger partial charge on any atom is 0.0615 e. The molecule has 0 aromatic carbocycles. The van der Waals surface area contributed by atoms with Gasteiger partial charge in [0.15, 0.2) is 0 Å². The predicted molar refractivity (Wildman–Crippen MR) is 55.6 cm³/mol. The van der Waals surface area contributed by atoms with E-state index >= 15 is 0 Å². The highest BCUT2D eigenvalue weighted by molar-refractivity contribution is 4.77. The maximum atomic E-state index is 5.78. The van der Waals surface area contributed by atoms with Crippen LogP contribution in [0.1, 0.15) is 32.1 Å². The van der Waals surface area contributed by atoms with E-state index in [1.165, 1.54) is 25.7 Å². The van der Waals surface area contributed by atoms with Crippen LogP contribution in [0, 0.1) is 5.92 Å². The third-order valence-electron chi connectivity index (χ3n) is 2.80. The van der Waals surface area contributed by atoms with Crippen molar-refractivity contribution in [2.24, 2.45) is 11.7 Å². The largest absolute Gasteiger partial charge is 0.378 e. The number of hydrogen-bond acceptors (Lipinski definition) is 2. The molecule has 0 bridgehead atoms. The molecule has 2 N–H and O–H groups in total. The van der Waals surface area contributed by atoms with Gasteiger partial charge in [0.25, 0.3) is 0 Å². The minimum absolute atomic E-state index is 0.415. The van der Waals surface area contributed by atoms with Crippen molar-refractivity contribution in [3.8, 4) is 0 Å². The lowest BCUT2D eigenvalue weighted by molar-refractivity contribution is -0.00558. The van der Waals surface area contributed by atoms with Crippen molar-refractivity contribution in [3.05, 3.63) is 12.7 Å². The van der Waals surface area contributed by atoms with Crippen molar-refractivity contribution in [2.75, 3.05) is 13.2 Å². The summed E-state index contributed by atoms with van der Waals surface area (Å²) >= 11 is 0. The lowest BCUT2D eigenvalue weighted by Crippen LogP contribution is -2.33. The van der Waals surface area contributed by atoms with E-state index in [1.807, 2.05) is 6.08 Å². The van der Waals surface area contributed by atoms with Crippen molar-refractivity contribution in [3.63, 3.8) is 0 Å². The van der Waals surface area contributed by atoms with E-state index < -0.39 is 0 Å². The molecule has 13 heavy (non-hydrogen) atoms. The fourth-order valence-corrected chi connectivity index (χ4v) is 1.97. The van der Waals surface area contributed by atoms with Crippen molar-refractivity contribution < 1.29 is 4.74 Å². The van der Waals surface area contributed by atoms with Crippen LogP contribution in [0.4, 0.5) is 0 Å². The molecule has 1 saturated carbocycles. The van der Waals surface area contributed by atoms with Crippen LogP contribution in [0.5, 0.6) is 0 Å². The van der Waals surface area contributed by atoms with Crippen molar-refractivity contribution in [1.82, 2.24) is 0 Å². The molecule has 2 atom stereocenters. The van der Waals surface area contributed by atoms with E-state index in [4.69, 9.17) is 10.5 Å². The molecule has 0 saturated heterocycles. The normalized spacial score (nSPS) is 28.7. The second-order valence-corrected chi connectivity index (χ2v) is 3.77. The Hall–Kier alpha value is -0.340. The Bertz CT molecular complexity index is 147. The van der Waals surface area contributed by atoms with Gasteiger partial charge in [-0.3, -0.25) is 0 Å². The predicted octanol–water partition coefficient (Wildman–Crippen LogP) is 2.10. The SMILES string of the molecule is C=CCCOC1CCCCC1CN. The van der Waals surface area contributed by atoms with Crippen LogP contribution in [0.3, 0.4) is 0 Å². The summed E-state index contributed by atoms with van der Waals surface area (Å²) in [5.41, 5.74) is 5.70. The molecule has 1 fully saturated rings. The van der Waals surface area contributed by atoms with Gasteiger partial charge < -0.3 is 10.5 Å². The second kappa shape index (κ2) is 6.17. The zero-order valence-corrected chi connectivity index (χ0v) is 8.37. The summed E-state index contributed by atoms with van der Waals surface area (Å²) in [6, 6.07) is 0. The van der Waals surface area contributed by atoms with Gasteiger partial charge in [-0.05, 0) is 31.7 Å². The first-order chi connectivity index (χ1) is 6.38. The third kappa shape index (κ3) is 3.49. The summed E-state index contributed by atoms with van der Waals surface area (Å²) in [5.74, 6) is 0.596. The fraction of sp³-hybridized carbons (Fsp3) is 0.818. The van der Waals surface area contributed by atoms with E-state index in [0.717, 1.165) is 19.6 Å². The average Bonchev–Trinajstić information content (AvgIpc) is 2.19. The average molecular weight is 183 g/mol. The van der Waals surface area contributed by atoms with E-state index in [1.54, 1.807) is 0 Å². The van der Waals surface area contributed by atoms with Gasteiger partial charge in [-0.1, -0.05) is 18.9 Å². The van der Waals surface area contributed by atoms with Crippen LogP contribution in [-0.4, -0.2) is 19.3 Å². The molecular weight excluding hydrogens is 162 g/mol. The van der Waals surface area contributed by atoms with Crippen LogP contribution in [0.15, 0.2) is 12.7 Å². The molecule has 76 valence electrons. The van der Waals surface area contributed by atoms with Gasteiger partial charge in [0, 0.05) is 0 Å². The minimum Gasteiger partial charge on any atom is -0.378 e. The van der Waals surface area contributed by atoms with Gasteiger partial charge in [-0.2, -0.15) is 0 Å². The van der Waals surface area contributed by atoms with Crippen LogP contribution < -0.4 is 5.73 Å². The zero-order valence-electron chi connectivity index (χ0n) is 8.37. The zero-order chi connectivity index (χ0) is 9.52. The van der Waals surface area contributed by atoms with Gasteiger partial charge in [0.1, 0.15) is 0 Å². The molecule has 1 aliphatic rings. The lowest BCUT2D eigenvalue weighted by atomic mass is 9.86. The lowest BCUT2D eigenvalue weighted by Gasteiger charge is -2.30. The minimum atomic E-state index is 0.415. The van der Waals surface area contributed by atoms with Gasteiger partial charge in [0.05, 0.1) is 12.7 Å². The first kappa shape index (κ1) is 10.7. The van der Waals surface area contributed by atoms with Crippen molar-refractivity contribution >= 4 is 0 Å². The summed E-state index contributed by atoms with van der Waals surface area (Å²) < 4.78 is 5.78. The van der Waals surface area contributed by atoms with Crippen molar-refractivity contribution in [1.29, 1.82) is 0 Å². The summed E-state index contributed by atoms with van der Waals surface area (Å²) in [5, 5.41) is 0. The molecule has 0 aromatic rings. The van der Waals surface area contributed by atoms with E-state index in [2.05, 4.69) is 6.58 Å². The smallest absolute Gasteiger partial charge is 0.0615 e. The molecule has 0 amide bonds. The molecule has 0 aromatic heterocycles. The Morgan fingerprint density at radius 1 is 1.38 bits per heavy atom. The monoisotopic (exact) mass is 183 g/mol. The Morgan fingerprint density at radius 2 is 2.15 bits per heavy atom. The van der Waals surface area contributed by atoms with E-state index in [-0.39, 0.29) is 0 Å². The van der Waals surface area contributed by atoms with E-state index in [0.29, 0.717) is 12.0 Å². The number of hydrogen-bond donors (Lipinski definition) is 1. The maximum absolute atomic E-state index is 5.78. The highest BCUT2D eigenvalue weighted by atomic mass is 16.5. The fourth-order valence-electron chi connectivity index (χ4n) is 1.97. The Kier molecular flexibility index (Phi) is 5.09. The molecule has 2 heteroatoms. The van der Waals surface area contributed by atoms with Gasteiger partial charge >= 0.3 is 0 Å². The Labute approximate surface area is 81.1 Å². The Morgan fingerprint density at radius 3 is 2.85 bits per heavy atom. The highest BCUT2D eigenvalue weighted by Gasteiger charge is 2.23. The Balaban J connectivity index is 2.23. The summed E-state index contributed by atoms with van der Waals surface area (Å²) in [4.78, 5) is 0. The highest BCUT2D eigenvalue weighted by Crippen LogP contribution is 2.25. The first-order valence-corrected chi connectivity index (χ1v) is 5.31. The number of nitrogens with two attached hydrogens (primary N) is 1. The van der Waals surface area contributed by atoms with Gasteiger partial charge in [-0.25, -0.2) is 0 Å². The quantitative estimate of drug-likeness (QED) is 0.523. The van der Waals surface area contributed by atoms with Crippen LogP contribution in [-0.2, 0) is 4.74 Å². The second-order valence-electron chi connectivity index (χ2n) is 3.77. The molecular formula is C11H21NO. The molecule has 0 heterocycles. The third-order valence-corrected chi connectivity index (χ3v) is 2.80. The summed E-state index contributed by atoms with van der Waals surface area (Å²) in [6.45, 7) is 5.26. The summed E-state index contributed by atoms with van der Waals surface area (Å²) in [6.07, 6.45) is 8.33. The van der Waals surface area contributed by atoms with E-state index in [9.17, 15) is 0 Å². The molecule has 2 unspecified atom stereocenters. The number of ether oxygens (including phenoxy) is 1. The van der Waals surface area contributed by atoms with Crippen LogP contribution in [0.2, 0.25) is 0 Å². The molecule has 1 rings (SSSR count). The van der Waals surface area contributed by atoms with Crippen LogP contribution >= 0.6 is 0 Å².